The second-order valence-electron chi connectivity index (χ2n) is 10.1. The van der Waals surface area contributed by atoms with E-state index in [0.717, 1.165) is 12.8 Å². The van der Waals surface area contributed by atoms with Gasteiger partial charge in [0.1, 0.15) is 0 Å². The molecule has 0 saturated carbocycles. The first-order valence-corrected chi connectivity index (χ1v) is 12.7. The van der Waals surface area contributed by atoms with Crippen LogP contribution in [-0.4, -0.2) is 0 Å². The van der Waals surface area contributed by atoms with Gasteiger partial charge in [-0.2, -0.15) is 0 Å². The minimum Gasteiger partial charge on any atom is -0.0985 e. The van der Waals surface area contributed by atoms with Crippen molar-refractivity contribution in [3.63, 3.8) is 0 Å². The maximum absolute atomic E-state index is 4.08. The second kappa shape index (κ2) is 9.19. The van der Waals surface area contributed by atoms with E-state index in [1.807, 2.05) is 6.08 Å². The Balaban J connectivity index is 1.77. The quantitative estimate of drug-likeness (QED) is 0.254. The largest absolute Gasteiger partial charge is 0.0985 e. The number of hydrogen-bond acceptors (Lipinski definition) is 0. The highest BCUT2D eigenvalue weighted by molar-refractivity contribution is 5.96. The molecule has 0 heteroatoms. The van der Waals surface area contributed by atoms with E-state index in [9.17, 15) is 0 Å². The summed E-state index contributed by atoms with van der Waals surface area (Å²) in [6, 6.07) is 31.7. The molecule has 0 bridgehead atoms. The Hall–Kier alpha value is -3.64. The Morgan fingerprint density at radius 2 is 1.51 bits per heavy atom. The number of benzene rings is 4. The second-order valence-corrected chi connectivity index (χ2v) is 10.1. The first-order valence-electron chi connectivity index (χ1n) is 12.7. The molecule has 0 amide bonds. The van der Waals surface area contributed by atoms with Gasteiger partial charge in [-0.05, 0) is 92.8 Å². The molecule has 0 spiro atoms. The Labute approximate surface area is 210 Å². The zero-order chi connectivity index (χ0) is 24.6. The SMILES string of the molecule is C=C/C(=C\C)c1cc(-c2ccccc2)c2c(c1)C(C)(C)c1ccc(-c3cccc(CCC)c3)cc1-2. The van der Waals surface area contributed by atoms with E-state index in [2.05, 4.69) is 125 Å². The van der Waals surface area contributed by atoms with Crippen molar-refractivity contribution in [3.8, 4) is 33.4 Å². The van der Waals surface area contributed by atoms with Crippen molar-refractivity contribution < 1.29 is 0 Å². The number of fused-ring (bicyclic) bond motifs is 3. The lowest BCUT2D eigenvalue weighted by Gasteiger charge is -2.23. The molecular formula is C35H34. The van der Waals surface area contributed by atoms with Crippen LogP contribution in [0.2, 0.25) is 0 Å². The van der Waals surface area contributed by atoms with Crippen LogP contribution in [0.25, 0.3) is 39.0 Å². The van der Waals surface area contributed by atoms with Gasteiger partial charge in [0, 0.05) is 5.41 Å². The maximum Gasteiger partial charge on any atom is 0.0159 e. The Bertz CT molecular complexity index is 1430. The van der Waals surface area contributed by atoms with Gasteiger partial charge in [0.2, 0.25) is 0 Å². The van der Waals surface area contributed by atoms with Crippen molar-refractivity contribution in [2.24, 2.45) is 0 Å². The van der Waals surface area contributed by atoms with E-state index in [1.165, 1.54) is 61.2 Å². The van der Waals surface area contributed by atoms with Gasteiger partial charge >= 0.3 is 0 Å². The lowest BCUT2D eigenvalue weighted by atomic mass is 9.80. The fourth-order valence-electron chi connectivity index (χ4n) is 5.66. The van der Waals surface area contributed by atoms with Gasteiger partial charge in [0.15, 0.2) is 0 Å². The minimum atomic E-state index is -0.0766. The molecule has 1 aliphatic carbocycles. The van der Waals surface area contributed by atoms with Gasteiger partial charge in [0.05, 0.1) is 0 Å². The smallest absolute Gasteiger partial charge is 0.0159 e. The first-order chi connectivity index (χ1) is 17.0. The normalized spacial score (nSPS) is 13.9. The van der Waals surface area contributed by atoms with Crippen molar-refractivity contribution in [1.82, 2.24) is 0 Å². The van der Waals surface area contributed by atoms with E-state index in [0.29, 0.717) is 0 Å². The average Bonchev–Trinajstić information content (AvgIpc) is 3.11. The molecule has 5 rings (SSSR count). The molecule has 0 aliphatic heterocycles. The first kappa shape index (κ1) is 23.1. The van der Waals surface area contributed by atoms with Gasteiger partial charge in [-0.3, -0.25) is 0 Å². The number of hydrogen-bond donors (Lipinski definition) is 0. The number of aryl methyl sites for hydroxylation is 1. The van der Waals surface area contributed by atoms with E-state index in [-0.39, 0.29) is 5.41 Å². The third kappa shape index (κ3) is 3.98. The highest BCUT2D eigenvalue weighted by atomic mass is 14.4. The topological polar surface area (TPSA) is 0 Å². The molecule has 0 unspecified atom stereocenters. The summed E-state index contributed by atoms with van der Waals surface area (Å²) in [4.78, 5) is 0. The summed E-state index contributed by atoms with van der Waals surface area (Å²) < 4.78 is 0. The maximum atomic E-state index is 4.08. The summed E-state index contributed by atoms with van der Waals surface area (Å²) in [6.07, 6.45) is 6.40. The van der Waals surface area contributed by atoms with Crippen molar-refractivity contribution in [3.05, 3.63) is 126 Å². The van der Waals surface area contributed by atoms with Crippen LogP contribution >= 0.6 is 0 Å². The summed E-state index contributed by atoms with van der Waals surface area (Å²) in [6.45, 7) is 13.1. The van der Waals surface area contributed by atoms with Crippen LogP contribution in [0.3, 0.4) is 0 Å². The molecule has 4 aromatic carbocycles. The fourth-order valence-corrected chi connectivity index (χ4v) is 5.66. The molecular weight excluding hydrogens is 420 g/mol. The molecule has 0 heterocycles. The summed E-state index contributed by atoms with van der Waals surface area (Å²) in [5.74, 6) is 0. The van der Waals surface area contributed by atoms with Crippen molar-refractivity contribution >= 4 is 5.57 Å². The summed E-state index contributed by atoms with van der Waals surface area (Å²) in [7, 11) is 0. The van der Waals surface area contributed by atoms with Crippen molar-refractivity contribution in [2.75, 3.05) is 0 Å². The Morgan fingerprint density at radius 3 is 2.23 bits per heavy atom. The van der Waals surface area contributed by atoms with E-state index >= 15 is 0 Å². The van der Waals surface area contributed by atoms with Crippen LogP contribution in [-0.2, 0) is 11.8 Å². The fraction of sp³-hybridized carbons (Fsp3) is 0.200. The van der Waals surface area contributed by atoms with Crippen LogP contribution in [0.4, 0.5) is 0 Å². The zero-order valence-corrected chi connectivity index (χ0v) is 21.4. The molecule has 0 radical (unpaired) electrons. The van der Waals surface area contributed by atoms with Crippen LogP contribution in [0.15, 0.2) is 104 Å². The molecule has 0 aromatic heterocycles. The van der Waals surface area contributed by atoms with E-state index in [4.69, 9.17) is 0 Å². The van der Waals surface area contributed by atoms with Crippen LogP contribution < -0.4 is 0 Å². The van der Waals surface area contributed by atoms with Gasteiger partial charge in [0.25, 0.3) is 0 Å². The van der Waals surface area contributed by atoms with Crippen LogP contribution in [0.5, 0.6) is 0 Å². The summed E-state index contributed by atoms with van der Waals surface area (Å²) in [5, 5.41) is 0. The molecule has 0 nitrogen and oxygen atoms in total. The van der Waals surface area contributed by atoms with E-state index in [1.54, 1.807) is 0 Å². The third-order valence-electron chi connectivity index (χ3n) is 7.52. The number of rotatable bonds is 6. The predicted molar refractivity (Wildman–Crippen MR) is 153 cm³/mol. The summed E-state index contributed by atoms with van der Waals surface area (Å²) >= 11 is 0. The molecule has 174 valence electrons. The average molecular weight is 455 g/mol. The van der Waals surface area contributed by atoms with Crippen molar-refractivity contribution in [1.29, 1.82) is 0 Å². The van der Waals surface area contributed by atoms with Crippen molar-refractivity contribution in [2.45, 2.75) is 46.0 Å². The van der Waals surface area contributed by atoms with Gasteiger partial charge in [-0.1, -0.05) is 113 Å². The third-order valence-corrected chi connectivity index (χ3v) is 7.52. The number of allylic oxidation sites excluding steroid dienone is 3. The molecule has 0 fully saturated rings. The van der Waals surface area contributed by atoms with Gasteiger partial charge in [-0.15, -0.1) is 0 Å². The van der Waals surface area contributed by atoms with Gasteiger partial charge in [-0.25, -0.2) is 0 Å². The molecule has 0 N–H and O–H groups in total. The molecule has 35 heavy (non-hydrogen) atoms. The Kier molecular flexibility index (Phi) is 6.07. The van der Waals surface area contributed by atoms with Crippen LogP contribution in [0.1, 0.15) is 56.4 Å². The standard InChI is InChI=1S/C35H34/c1-6-13-24-14-12-17-27(20-24)28-18-19-32-31(21-28)34-30(26-15-10-9-11-16-26)22-29(25(7-2)8-3)23-33(34)35(32,4)5/h7-12,14-23H,2,6,13H2,1,3-5H3/b25-8+. The van der Waals surface area contributed by atoms with Gasteiger partial charge < -0.3 is 0 Å². The summed E-state index contributed by atoms with van der Waals surface area (Å²) in [5.41, 5.74) is 14.4. The highest BCUT2D eigenvalue weighted by Crippen LogP contribution is 2.53. The predicted octanol–water partition coefficient (Wildman–Crippen LogP) is 9.87. The molecule has 1 aliphatic rings. The van der Waals surface area contributed by atoms with Crippen LogP contribution in [0, 0.1) is 0 Å². The minimum absolute atomic E-state index is 0.0766. The molecule has 4 aromatic rings. The van der Waals surface area contributed by atoms with E-state index < -0.39 is 0 Å². The lowest BCUT2D eigenvalue weighted by Crippen LogP contribution is -2.15. The highest BCUT2D eigenvalue weighted by Gasteiger charge is 2.37. The molecule has 0 atom stereocenters. The zero-order valence-electron chi connectivity index (χ0n) is 21.4. The Morgan fingerprint density at radius 1 is 0.771 bits per heavy atom. The molecule has 0 saturated heterocycles. The monoisotopic (exact) mass is 454 g/mol. The lowest BCUT2D eigenvalue weighted by molar-refractivity contribution is 0.660.